The molecule has 0 spiro atoms. The van der Waals surface area contributed by atoms with Gasteiger partial charge in [-0.05, 0) is 18.8 Å². The predicted molar refractivity (Wildman–Crippen MR) is 54.0 cm³/mol. The van der Waals surface area contributed by atoms with Gasteiger partial charge in [0.25, 0.3) is 0 Å². The van der Waals surface area contributed by atoms with E-state index in [1.165, 1.54) is 23.6 Å². The van der Waals surface area contributed by atoms with Gasteiger partial charge in [-0.15, -0.1) is 11.7 Å². The van der Waals surface area contributed by atoms with Crippen LogP contribution in [0.3, 0.4) is 0 Å². The molecule has 0 heterocycles. The number of hydrogen-bond acceptors (Lipinski definition) is 3. The lowest BCUT2D eigenvalue weighted by atomic mass is 9.80. The Morgan fingerprint density at radius 2 is 2.45 bits per heavy atom. The molecule has 0 bridgehead atoms. The predicted octanol–water partition coefficient (Wildman–Crippen LogP) is 2.51. The van der Waals surface area contributed by atoms with E-state index in [1.807, 2.05) is 0 Å². The first-order valence-corrected chi connectivity index (χ1v) is 6.19. The van der Waals surface area contributed by atoms with Crippen molar-refractivity contribution in [2.24, 2.45) is 5.92 Å². The molecule has 0 aromatic heterocycles. The molecule has 0 amide bonds. The van der Waals surface area contributed by atoms with E-state index in [1.54, 1.807) is 0 Å². The smallest absolute Gasteiger partial charge is 0.0748 e. The molecule has 3 heteroatoms. The summed E-state index contributed by atoms with van der Waals surface area (Å²) in [6, 6.07) is 0. The van der Waals surface area contributed by atoms with Gasteiger partial charge >= 0.3 is 0 Å². The summed E-state index contributed by atoms with van der Waals surface area (Å²) in [5.74, 6) is 1.47. The summed E-state index contributed by atoms with van der Waals surface area (Å²) in [6.07, 6.45) is 4.37. The second-order valence-corrected chi connectivity index (χ2v) is 5.02. The first kappa shape index (κ1) is 9.75. The Morgan fingerprint density at radius 3 is 3.00 bits per heavy atom. The summed E-state index contributed by atoms with van der Waals surface area (Å²) in [7, 11) is 1.45. The zero-order valence-electron chi connectivity index (χ0n) is 6.92. The van der Waals surface area contributed by atoms with Gasteiger partial charge in [0, 0.05) is 5.75 Å². The summed E-state index contributed by atoms with van der Waals surface area (Å²) in [5.41, 5.74) is -0.413. The number of hydrogen-bond donors (Lipinski definition) is 2. The molecule has 1 fully saturated rings. The van der Waals surface area contributed by atoms with Gasteiger partial charge in [-0.2, -0.15) is 0 Å². The fraction of sp³-hybridized carbons (Fsp3) is 1.00. The maximum Gasteiger partial charge on any atom is 0.0748 e. The third-order valence-electron chi connectivity index (χ3n) is 2.40. The lowest BCUT2D eigenvalue weighted by molar-refractivity contribution is 0.00937. The molecular weight excluding hydrogens is 176 g/mol. The Hall–Kier alpha value is 0.660. The molecule has 0 radical (unpaired) electrons. The van der Waals surface area contributed by atoms with Crippen molar-refractivity contribution in [1.82, 2.24) is 0 Å². The van der Waals surface area contributed by atoms with E-state index in [2.05, 4.69) is 18.6 Å². The lowest BCUT2D eigenvalue weighted by Gasteiger charge is -2.34. The van der Waals surface area contributed by atoms with E-state index in [4.69, 9.17) is 0 Å². The molecule has 0 aliphatic heterocycles. The number of aliphatic hydroxyl groups is 1. The maximum atomic E-state index is 9.97. The van der Waals surface area contributed by atoms with Crippen molar-refractivity contribution in [2.45, 2.75) is 38.2 Å². The van der Waals surface area contributed by atoms with E-state index in [9.17, 15) is 5.11 Å². The molecule has 0 saturated heterocycles. The largest absolute Gasteiger partial charge is 0.389 e. The van der Waals surface area contributed by atoms with Crippen LogP contribution in [0.5, 0.6) is 0 Å². The van der Waals surface area contributed by atoms with Gasteiger partial charge in [0.05, 0.1) is 5.60 Å². The summed E-state index contributed by atoms with van der Waals surface area (Å²) < 4.78 is 0. The third kappa shape index (κ3) is 2.88. The molecule has 1 N–H and O–H groups in total. The topological polar surface area (TPSA) is 20.2 Å². The van der Waals surface area contributed by atoms with E-state index in [0.29, 0.717) is 5.92 Å². The number of thiol groups is 1. The highest BCUT2D eigenvalue weighted by Crippen LogP contribution is 2.34. The first-order chi connectivity index (χ1) is 5.16. The molecule has 1 aliphatic rings. The van der Waals surface area contributed by atoms with Crippen LogP contribution in [0.15, 0.2) is 0 Å². The summed E-state index contributed by atoms with van der Waals surface area (Å²) >= 11 is 4.07. The quantitative estimate of drug-likeness (QED) is 0.518. The van der Waals surface area contributed by atoms with Crippen molar-refractivity contribution in [3.05, 3.63) is 0 Å². The highest BCUT2D eigenvalue weighted by molar-refractivity contribution is 8.68. The van der Waals surface area contributed by atoms with Gasteiger partial charge in [0.2, 0.25) is 0 Å². The highest BCUT2D eigenvalue weighted by atomic mass is 33.1. The third-order valence-corrected chi connectivity index (χ3v) is 3.45. The van der Waals surface area contributed by atoms with Gasteiger partial charge in [-0.25, -0.2) is 0 Å². The van der Waals surface area contributed by atoms with Crippen molar-refractivity contribution in [1.29, 1.82) is 0 Å². The summed E-state index contributed by atoms with van der Waals surface area (Å²) in [5, 5.41) is 9.97. The van der Waals surface area contributed by atoms with Crippen LogP contribution in [-0.2, 0) is 0 Å². The number of rotatable bonds is 2. The van der Waals surface area contributed by atoms with Crippen LogP contribution in [0.1, 0.15) is 32.6 Å². The molecule has 1 nitrogen and oxygen atoms in total. The molecular formula is C8H16OS2. The zero-order chi connectivity index (χ0) is 8.32. The van der Waals surface area contributed by atoms with Crippen LogP contribution in [0.25, 0.3) is 0 Å². The van der Waals surface area contributed by atoms with E-state index < -0.39 is 5.60 Å². The van der Waals surface area contributed by atoms with Gasteiger partial charge < -0.3 is 5.11 Å². The van der Waals surface area contributed by atoms with Crippen LogP contribution in [-0.4, -0.2) is 16.5 Å². The van der Waals surface area contributed by atoms with Crippen LogP contribution < -0.4 is 0 Å². The molecule has 0 aromatic rings. The monoisotopic (exact) mass is 192 g/mol. The SMILES string of the molecule is C[C@H]1CCCC(O)(CSS)C1. The average molecular weight is 192 g/mol. The van der Waals surface area contributed by atoms with Crippen molar-refractivity contribution in [3.63, 3.8) is 0 Å². The van der Waals surface area contributed by atoms with Crippen LogP contribution >= 0.6 is 22.5 Å². The molecule has 1 rings (SSSR count). The second-order valence-electron chi connectivity index (χ2n) is 3.70. The lowest BCUT2D eigenvalue weighted by Crippen LogP contribution is -2.36. The molecule has 11 heavy (non-hydrogen) atoms. The van der Waals surface area contributed by atoms with E-state index in [-0.39, 0.29) is 0 Å². The molecule has 1 saturated carbocycles. The fourth-order valence-corrected chi connectivity index (χ4v) is 3.11. The molecule has 1 aliphatic carbocycles. The molecule has 66 valence electrons. The standard InChI is InChI=1S/C8H16OS2/c1-7-3-2-4-8(9,5-7)6-11-10/h7,9-10H,2-6H2,1H3/t7-,8?/m0/s1. The van der Waals surface area contributed by atoms with Crippen molar-refractivity contribution in [3.8, 4) is 0 Å². The fourth-order valence-electron chi connectivity index (χ4n) is 1.88. The Morgan fingerprint density at radius 1 is 1.73 bits per heavy atom. The van der Waals surface area contributed by atoms with E-state index >= 15 is 0 Å². The van der Waals surface area contributed by atoms with Gasteiger partial charge in [0.1, 0.15) is 0 Å². The minimum Gasteiger partial charge on any atom is -0.389 e. The minimum absolute atomic E-state index is 0.413. The first-order valence-electron chi connectivity index (χ1n) is 4.15. The van der Waals surface area contributed by atoms with Gasteiger partial charge in [-0.3, -0.25) is 0 Å². The molecule has 1 unspecified atom stereocenters. The molecule has 0 aromatic carbocycles. The maximum absolute atomic E-state index is 9.97. The second kappa shape index (κ2) is 4.06. The highest BCUT2D eigenvalue weighted by Gasteiger charge is 2.31. The zero-order valence-corrected chi connectivity index (χ0v) is 8.63. The Bertz CT molecular complexity index is 125. The van der Waals surface area contributed by atoms with Crippen LogP contribution in [0.4, 0.5) is 0 Å². The Labute approximate surface area is 77.8 Å². The normalized spacial score (nSPS) is 39.0. The molecule has 2 atom stereocenters. The van der Waals surface area contributed by atoms with Crippen LogP contribution in [0.2, 0.25) is 0 Å². The van der Waals surface area contributed by atoms with Crippen LogP contribution in [0, 0.1) is 5.92 Å². The minimum atomic E-state index is -0.413. The summed E-state index contributed by atoms with van der Waals surface area (Å²) in [6.45, 7) is 2.22. The Kier molecular flexibility index (Phi) is 3.59. The van der Waals surface area contributed by atoms with Gasteiger partial charge in [-0.1, -0.05) is 30.6 Å². The Balaban J connectivity index is 2.41. The van der Waals surface area contributed by atoms with Crippen molar-refractivity contribution >= 4 is 22.5 Å². The van der Waals surface area contributed by atoms with Gasteiger partial charge in [0.15, 0.2) is 0 Å². The summed E-state index contributed by atoms with van der Waals surface area (Å²) in [4.78, 5) is 0. The van der Waals surface area contributed by atoms with Crippen molar-refractivity contribution in [2.75, 3.05) is 5.75 Å². The van der Waals surface area contributed by atoms with Crippen molar-refractivity contribution < 1.29 is 5.11 Å². The average Bonchev–Trinajstić information content (AvgIpc) is 1.86. The van der Waals surface area contributed by atoms with E-state index in [0.717, 1.165) is 18.6 Å².